The lowest BCUT2D eigenvalue weighted by Gasteiger charge is -2.23. The summed E-state index contributed by atoms with van der Waals surface area (Å²) in [6, 6.07) is 4.94. The van der Waals surface area contributed by atoms with Gasteiger partial charge in [-0.1, -0.05) is 13.3 Å². The van der Waals surface area contributed by atoms with Gasteiger partial charge in [0.1, 0.15) is 0 Å². The topological polar surface area (TPSA) is 78.5 Å². The van der Waals surface area contributed by atoms with Crippen LogP contribution in [0.15, 0.2) is 18.2 Å². The lowest BCUT2D eigenvalue weighted by molar-refractivity contribution is 0.0652. The molecule has 1 aromatic carbocycles. The standard InChI is InChI=1S/C18H23N3O3/c1-2-3-10-21-17(23)14-5-4-12(11-15(14)18(21)24)16(22)20-13-6-8-19-9-7-13/h4-5,11,13,19H,2-3,6-10H2,1H3,(H,20,22). The van der Waals surface area contributed by atoms with Crippen molar-refractivity contribution >= 4 is 17.7 Å². The number of imide groups is 1. The number of hydrogen-bond donors (Lipinski definition) is 2. The van der Waals surface area contributed by atoms with Gasteiger partial charge in [-0.05, 0) is 50.6 Å². The van der Waals surface area contributed by atoms with E-state index in [0.29, 0.717) is 23.2 Å². The van der Waals surface area contributed by atoms with Gasteiger partial charge in [0, 0.05) is 18.2 Å². The molecule has 2 aliphatic heterocycles. The molecular weight excluding hydrogens is 306 g/mol. The number of hydrogen-bond acceptors (Lipinski definition) is 4. The molecule has 128 valence electrons. The number of unbranched alkanes of at least 4 members (excludes halogenated alkanes) is 1. The van der Waals surface area contributed by atoms with E-state index in [1.165, 1.54) is 4.90 Å². The summed E-state index contributed by atoms with van der Waals surface area (Å²) in [5.74, 6) is -0.731. The molecule has 0 aromatic heterocycles. The minimum Gasteiger partial charge on any atom is -0.349 e. The monoisotopic (exact) mass is 329 g/mol. The van der Waals surface area contributed by atoms with Gasteiger partial charge in [-0.2, -0.15) is 0 Å². The highest BCUT2D eigenvalue weighted by molar-refractivity contribution is 6.22. The largest absolute Gasteiger partial charge is 0.349 e. The Morgan fingerprint density at radius 1 is 1.21 bits per heavy atom. The average molecular weight is 329 g/mol. The highest BCUT2D eigenvalue weighted by Crippen LogP contribution is 2.24. The van der Waals surface area contributed by atoms with Gasteiger partial charge in [0.15, 0.2) is 0 Å². The zero-order valence-corrected chi connectivity index (χ0v) is 13.9. The Labute approximate surface area is 141 Å². The van der Waals surface area contributed by atoms with Crippen LogP contribution in [0.5, 0.6) is 0 Å². The Balaban J connectivity index is 1.75. The quantitative estimate of drug-likeness (QED) is 0.804. The molecule has 0 spiro atoms. The molecule has 0 aliphatic carbocycles. The molecule has 3 amide bonds. The predicted octanol–water partition coefficient (Wildman–Crippen LogP) is 1.56. The SMILES string of the molecule is CCCCN1C(=O)c2ccc(C(=O)NC3CCNCC3)cc2C1=O. The molecule has 2 N–H and O–H groups in total. The molecule has 0 unspecified atom stereocenters. The van der Waals surface area contributed by atoms with Gasteiger partial charge in [0.25, 0.3) is 17.7 Å². The molecule has 1 fully saturated rings. The van der Waals surface area contributed by atoms with Gasteiger partial charge >= 0.3 is 0 Å². The van der Waals surface area contributed by atoms with Crippen LogP contribution in [0.2, 0.25) is 0 Å². The lowest BCUT2D eigenvalue weighted by atomic mass is 10.0. The third-order valence-corrected chi connectivity index (χ3v) is 4.64. The third-order valence-electron chi connectivity index (χ3n) is 4.64. The Bertz CT molecular complexity index is 665. The number of amides is 3. The van der Waals surface area contributed by atoms with E-state index in [2.05, 4.69) is 10.6 Å². The second-order valence-corrected chi connectivity index (χ2v) is 6.37. The van der Waals surface area contributed by atoms with E-state index in [1.807, 2.05) is 6.92 Å². The highest BCUT2D eigenvalue weighted by Gasteiger charge is 2.35. The summed E-state index contributed by atoms with van der Waals surface area (Å²) in [7, 11) is 0. The van der Waals surface area contributed by atoms with Gasteiger partial charge in [-0.15, -0.1) is 0 Å². The molecule has 0 atom stereocenters. The Hall–Kier alpha value is -2.21. The van der Waals surface area contributed by atoms with Gasteiger partial charge in [-0.25, -0.2) is 0 Å². The van der Waals surface area contributed by atoms with Gasteiger partial charge < -0.3 is 10.6 Å². The van der Waals surface area contributed by atoms with Crippen molar-refractivity contribution in [3.63, 3.8) is 0 Å². The summed E-state index contributed by atoms with van der Waals surface area (Å²) in [6.07, 6.45) is 3.50. The maximum Gasteiger partial charge on any atom is 0.261 e. The minimum atomic E-state index is -0.292. The second-order valence-electron chi connectivity index (χ2n) is 6.37. The van der Waals surface area contributed by atoms with Crippen molar-refractivity contribution in [2.75, 3.05) is 19.6 Å². The van der Waals surface area contributed by atoms with Crippen LogP contribution in [-0.2, 0) is 0 Å². The summed E-state index contributed by atoms with van der Waals surface area (Å²) >= 11 is 0. The van der Waals surface area contributed by atoms with Crippen LogP contribution in [0.25, 0.3) is 0 Å². The van der Waals surface area contributed by atoms with Crippen LogP contribution in [0.3, 0.4) is 0 Å². The minimum absolute atomic E-state index is 0.158. The van der Waals surface area contributed by atoms with Crippen LogP contribution in [-0.4, -0.2) is 48.3 Å². The number of nitrogens with one attached hydrogen (secondary N) is 2. The number of carbonyl (C=O) groups excluding carboxylic acids is 3. The number of benzene rings is 1. The van der Waals surface area contributed by atoms with E-state index in [1.54, 1.807) is 18.2 Å². The lowest BCUT2D eigenvalue weighted by Crippen LogP contribution is -2.42. The molecule has 0 saturated carbocycles. The van der Waals surface area contributed by atoms with E-state index >= 15 is 0 Å². The van der Waals surface area contributed by atoms with Crippen LogP contribution >= 0.6 is 0 Å². The van der Waals surface area contributed by atoms with Crippen LogP contribution < -0.4 is 10.6 Å². The van der Waals surface area contributed by atoms with Crippen molar-refractivity contribution in [3.8, 4) is 0 Å². The Kier molecular flexibility index (Phi) is 4.94. The molecule has 6 nitrogen and oxygen atoms in total. The van der Waals surface area contributed by atoms with E-state index in [0.717, 1.165) is 38.8 Å². The van der Waals surface area contributed by atoms with E-state index in [9.17, 15) is 14.4 Å². The summed E-state index contributed by atoms with van der Waals surface area (Å²) in [5.41, 5.74) is 1.18. The van der Waals surface area contributed by atoms with Crippen molar-refractivity contribution in [2.24, 2.45) is 0 Å². The van der Waals surface area contributed by atoms with E-state index in [4.69, 9.17) is 0 Å². The number of fused-ring (bicyclic) bond motifs is 1. The first kappa shape index (κ1) is 16.6. The zero-order valence-electron chi connectivity index (χ0n) is 13.9. The van der Waals surface area contributed by atoms with Gasteiger partial charge in [-0.3, -0.25) is 19.3 Å². The molecule has 0 radical (unpaired) electrons. The highest BCUT2D eigenvalue weighted by atomic mass is 16.2. The molecule has 6 heteroatoms. The summed E-state index contributed by atoms with van der Waals surface area (Å²) < 4.78 is 0. The molecule has 2 aliphatic rings. The van der Waals surface area contributed by atoms with Crippen molar-refractivity contribution in [2.45, 2.75) is 38.6 Å². The smallest absolute Gasteiger partial charge is 0.261 e. The molecule has 2 heterocycles. The van der Waals surface area contributed by atoms with E-state index < -0.39 is 0 Å². The number of rotatable bonds is 5. The zero-order chi connectivity index (χ0) is 17.1. The van der Waals surface area contributed by atoms with Crippen LogP contribution in [0.4, 0.5) is 0 Å². The molecule has 1 aromatic rings. The Morgan fingerprint density at radius 3 is 2.62 bits per heavy atom. The maximum absolute atomic E-state index is 12.4. The van der Waals surface area contributed by atoms with Crippen molar-refractivity contribution in [1.82, 2.24) is 15.5 Å². The molecule has 3 rings (SSSR count). The molecule has 24 heavy (non-hydrogen) atoms. The predicted molar refractivity (Wildman–Crippen MR) is 90.1 cm³/mol. The molecule has 1 saturated heterocycles. The normalized spacial score (nSPS) is 18.0. The van der Waals surface area contributed by atoms with Crippen molar-refractivity contribution in [3.05, 3.63) is 34.9 Å². The second kappa shape index (κ2) is 7.13. The first-order chi connectivity index (χ1) is 11.6. The fraction of sp³-hybridized carbons (Fsp3) is 0.500. The van der Waals surface area contributed by atoms with Crippen LogP contribution in [0.1, 0.15) is 63.7 Å². The first-order valence-electron chi connectivity index (χ1n) is 8.63. The number of carbonyl (C=O) groups is 3. The average Bonchev–Trinajstić information content (AvgIpc) is 2.84. The first-order valence-corrected chi connectivity index (χ1v) is 8.63. The summed E-state index contributed by atoms with van der Waals surface area (Å²) in [4.78, 5) is 38.4. The van der Waals surface area contributed by atoms with E-state index in [-0.39, 0.29) is 23.8 Å². The molecular formula is C18H23N3O3. The van der Waals surface area contributed by atoms with Gasteiger partial charge in [0.2, 0.25) is 0 Å². The summed E-state index contributed by atoms with van der Waals surface area (Å²) in [6.45, 7) is 4.24. The fourth-order valence-corrected chi connectivity index (χ4v) is 3.19. The molecule has 0 bridgehead atoms. The van der Waals surface area contributed by atoms with Crippen LogP contribution in [0, 0.1) is 0 Å². The number of nitrogens with zero attached hydrogens (tertiary/aromatic N) is 1. The summed E-state index contributed by atoms with van der Waals surface area (Å²) in [5, 5.41) is 6.26. The Morgan fingerprint density at radius 2 is 1.92 bits per heavy atom. The third kappa shape index (κ3) is 3.19. The van der Waals surface area contributed by atoms with Gasteiger partial charge in [0.05, 0.1) is 11.1 Å². The van der Waals surface area contributed by atoms with Crippen molar-refractivity contribution < 1.29 is 14.4 Å². The number of piperidine rings is 1. The van der Waals surface area contributed by atoms with Crippen molar-refractivity contribution in [1.29, 1.82) is 0 Å². The fourth-order valence-electron chi connectivity index (χ4n) is 3.19. The maximum atomic E-state index is 12.4.